The van der Waals surface area contributed by atoms with Crippen LogP contribution in [0.1, 0.15) is 21.8 Å². The van der Waals surface area contributed by atoms with E-state index in [1.54, 1.807) is 24.3 Å². The van der Waals surface area contributed by atoms with Crippen LogP contribution in [0.25, 0.3) is 0 Å². The first-order valence-corrected chi connectivity index (χ1v) is 7.27. The molecule has 22 heavy (non-hydrogen) atoms. The SMILES string of the molecule is O=C1O[C@@H](C(=O)c2ccccc2)[C@H]2COc3ccccc3[C@@H]12. The number of cyclic esters (lactones) is 1. The Balaban J connectivity index is 1.69. The average molecular weight is 294 g/mol. The van der Waals surface area contributed by atoms with Crippen molar-refractivity contribution in [1.29, 1.82) is 0 Å². The molecule has 0 aromatic heterocycles. The second-order valence-corrected chi connectivity index (χ2v) is 5.58. The van der Waals surface area contributed by atoms with Crippen molar-refractivity contribution >= 4 is 11.8 Å². The third kappa shape index (κ3) is 1.91. The van der Waals surface area contributed by atoms with Gasteiger partial charge in [0.2, 0.25) is 5.78 Å². The van der Waals surface area contributed by atoms with Crippen LogP contribution in [-0.4, -0.2) is 24.5 Å². The van der Waals surface area contributed by atoms with Gasteiger partial charge in [0.05, 0.1) is 18.4 Å². The number of carbonyl (C=O) groups excluding carboxylic acids is 2. The molecule has 4 rings (SSSR count). The summed E-state index contributed by atoms with van der Waals surface area (Å²) in [5.41, 5.74) is 1.37. The third-order valence-electron chi connectivity index (χ3n) is 4.32. The van der Waals surface area contributed by atoms with Crippen molar-refractivity contribution < 1.29 is 19.1 Å². The molecule has 110 valence electrons. The molecule has 0 spiro atoms. The van der Waals surface area contributed by atoms with Crippen molar-refractivity contribution in [3.63, 3.8) is 0 Å². The van der Waals surface area contributed by atoms with Gasteiger partial charge in [-0.15, -0.1) is 0 Å². The Hall–Kier alpha value is -2.62. The van der Waals surface area contributed by atoms with E-state index in [0.29, 0.717) is 17.9 Å². The smallest absolute Gasteiger partial charge is 0.314 e. The van der Waals surface area contributed by atoms with Crippen molar-refractivity contribution in [2.45, 2.75) is 12.0 Å². The number of hydrogen-bond acceptors (Lipinski definition) is 4. The Kier molecular flexibility index (Phi) is 2.96. The van der Waals surface area contributed by atoms with E-state index in [9.17, 15) is 9.59 Å². The van der Waals surface area contributed by atoms with Crippen LogP contribution in [0.15, 0.2) is 54.6 Å². The van der Waals surface area contributed by atoms with E-state index in [1.165, 1.54) is 0 Å². The summed E-state index contributed by atoms with van der Waals surface area (Å²) in [5.74, 6) is -0.481. The van der Waals surface area contributed by atoms with Gasteiger partial charge < -0.3 is 9.47 Å². The summed E-state index contributed by atoms with van der Waals surface area (Å²) in [6.45, 7) is 0.316. The van der Waals surface area contributed by atoms with Crippen LogP contribution in [0.5, 0.6) is 5.75 Å². The standard InChI is InChI=1S/C18H14O4/c19-16(11-6-2-1-3-7-11)17-13-10-21-14-9-5-4-8-12(14)15(13)18(20)22-17/h1-9,13,15,17H,10H2/t13-,15+,17+/m0/s1. The number of Topliss-reactive ketones (excluding diaryl/α,β-unsaturated/α-hetero) is 1. The molecular formula is C18H14O4. The van der Waals surface area contributed by atoms with Crippen LogP contribution in [0.2, 0.25) is 0 Å². The van der Waals surface area contributed by atoms with Gasteiger partial charge in [0, 0.05) is 11.1 Å². The number of para-hydroxylation sites is 1. The summed E-state index contributed by atoms with van der Waals surface area (Å²) in [6, 6.07) is 16.4. The minimum Gasteiger partial charge on any atom is -0.493 e. The van der Waals surface area contributed by atoms with E-state index >= 15 is 0 Å². The quantitative estimate of drug-likeness (QED) is 0.631. The maximum absolute atomic E-state index is 12.6. The highest BCUT2D eigenvalue weighted by Crippen LogP contribution is 2.44. The van der Waals surface area contributed by atoms with E-state index in [0.717, 1.165) is 5.56 Å². The van der Waals surface area contributed by atoms with Crippen LogP contribution in [0.4, 0.5) is 0 Å². The Labute approximate surface area is 127 Å². The molecule has 2 aromatic rings. The highest BCUT2D eigenvalue weighted by molar-refractivity contribution is 6.02. The number of fused-ring (bicyclic) bond motifs is 3. The molecule has 0 amide bonds. The first kappa shape index (κ1) is 13.1. The van der Waals surface area contributed by atoms with E-state index in [2.05, 4.69) is 0 Å². The maximum Gasteiger partial charge on any atom is 0.314 e. The van der Waals surface area contributed by atoms with Gasteiger partial charge in [0.15, 0.2) is 6.10 Å². The molecular weight excluding hydrogens is 280 g/mol. The first-order valence-electron chi connectivity index (χ1n) is 7.27. The second kappa shape index (κ2) is 4.98. The van der Waals surface area contributed by atoms with E-state index in [-0.39, 0.29) is 17.7 Å². The summed E-state index contributed by atoms with van der Waals surface area (Å²) in [6.07, 6.45) is -0.770. The molecule has 1 saturated heterocycles. The first-order chi connectivity index (χ1) is 10.8. The van der Waals surface area contributed by atoms with E-state index < -0.39 is 12.0 Å². The van der Waals surface area contributed by atoms with Crippen molar-refractivity contribution in [3.05, 3.63) is 65.7 Å². The molecule has 2 aromatic carbocycles. The monoisotopic (exact) mass is 294 g/mol. The van der Waals surface area contributed by atoms with Crippen molar-refractivity contribution in [2.75, 3.05) is 6.61 Å². The summed E-state index contributed by atoms with van der Waals surface area (Å²) >= 11 is 0. The molecule has 2 aliphatic heterocycles. The molecule has 2 heterocycles. The average Bonchev–Trinajstić information content (AvgIpc) is 2.92. The minimum atomic E-state index is -0.770. The molecule has 0 N–H and O–H groups in total. The fraction of sp³-hybridized carbons (Fsp3) is 0.222. The molecule has 3 atom stereocenters. The molecule has 4 heteroatoms. The Bertz CT molecular complexity index is 738. The van der Waals surface area contributed by atoms with E-state index in [4.69, 9.17) is 9.47 Å². The zero-order valence-corrected chi connectivity index (χ0v) is 11.8. The largest absolute Gasteiger partial charge is 0.493 e. The van der Waals surface area contributed by atoms with Gasteiger partial charge in [-0.05, 0) is 6.07 Å². The number of carbonyl (C=O) groups is 2. The van der Waals surface area contributed by atoms with Gasteiger partial charge in [-0.3, -0.25) is 9.59 Å². The lowest BCUT2D eigenvalue weighted by atomic mass is 9.81. The molecule has 2 aliphatic rings. The molecule has 0 unspecified atom stereocenters. The zero-order chi connectivity index (χ0) is 15.1. The van der Waals surface area contributed by atoms with Crippen LogP contribution >= 0.6 is 0 Å². The number of benzene rings is 2. The van der Waals surface area contributed by atoms with Crippen LogP contribution in [0.3, 0.4) is 0 Å². The third-order valence-corrected chi connectivity index (χ3v) is 4.32. The van der Waals surface area contributed by atoms with Crippen molar-refractivity contribution in [2.24, 2.45) is 5.92 Å². The Morgan fingerprint density at radius 2 is 1.73 bits per heavy atom. The van der Waals surface area contributed by atoms with Gasteiger partial charge in [-0.25, -0.2) is 0 Å². The fourth-order valence-electron chi connectivity index (χ4n) is 3.25. The number of ketones is 1. The second-order valence-electron chi connectivity index (χ2n) is 5.58. The van der Waals surface area contributed by atoms with Gasteiger partial charge in [-0.2, -0.15) is 0 Å². The Morgan fingerprint density at radius 1 is 1.00 bits per heavy atom. The number of hydrogen-bond donors (Lipinski definition) is 0. The maximum atomic E-state index is 12.6. The topological polar surface area (TPSA) is 52.6 Å². The lowest BCUT2D eigenvalue weighted by Gasteiger charge is -2.27. The molecule has 0 saturated carbocycles. The van der Waals surface area contributed by atoms with Crippen molar-refractivity contribution in [1.82, 2.24) is 0 Å². The summed E-state index contributed by atoms with van der Waals surface area (Å²) < 4.78 is 11.1. The predicted molar refractivity (Wildman–Crippen MR) is 78.8 cm³/mol. The van der Waals surface area contributed by atoms with Gasteiger partial charge in [0.1, 0.15) is 5.75 Å². The summed E-state index contributed by atoms with van der Waals surface area (Å²) in [5, 5.41) is 0. The number of ether oxygens (including phenoxy) is 2. The molecule has 0 bridgehead atoms. The highest BCUT2D eigenvalue weighted by atomic mass is 16.6. The Morgan fingerprint density at radius 3 is 2.55 bits per heavy atom. The minimum absolute atomic E-state index is 0.163. The lowest BCUT2D eigenvalue weighted by Crippen LogP contribution is -2.35. The predicted octanol–water partition coefficient (Wildman–Crippen LogP) is 2.59. The van der Waals surface area contributed by atoms with Crippen LogP contribution in [0, 0.1) is 5.92 Å². The van der Waals surface area contributed by atoms with Gasteiger partial charge >= 0.3 is 5.97 Å². The normalized spacial score (nSPS) is 25.6. The highest BCUT2D eigenvalue weighted by Gasteiger charge is 2.51. The summed E-state index contributed by atoms with van der Waals surface area (Å²) in [7, 11) is 0. The molecule has 0 radical (unpaired) electrons. The van der Waals surface area contributed by atoms with Crippen molar-refractivity contribution in [3.8, 4) is 5.75 Å². The molecule has 4 nitrogen and oxygen atoms in total. The summed E-state index contributed by atoms with van der Waals surface area (Å²) in [4.78, 5) is 24.9. The number of rotatable bonds is 2. The van der Waals surface area contributed by atoms with Crippen LogP contribution in [-0.2, 0) is 9.53 Å². The molecule has 0 aliphatic carbocycles. The van der Waals surface area contributed by atoms with Gasteiger partial charge in [-0.1, -0.05) is 48.5 Å². The van der Waals surface area contributed by atoms with E-state index in [1.807, 2.05) is 30.3 Å². The number of esters is 1. The molecule has 1 fully saturated rings. The zero-order valence-electron chi connectivity index (χ0n) is 11.8. The van der Waals surface area contributed by atoms with Crippen LogP contribution < -0.4 is 4.74 Å². The van der Waals surface area contributed by atoms with Gasteiger partial charge in [0.25, 0.3) is 0 Å². The fourth-order valence-corrected chi connectivity index (χ4v) is 3.25. The lowest BCUT2D eigenvalue weighted by molar-refractivity contribution is -0.141.